The molecule has 1 N–H and O–H groups in total. The number of hydrogen-bond donors (Lipinski definition) is 1. The van der Waals surface area contributed by atoms with E-state index in [-0.39, 0.29) is 0 Å². The highest BCUT2D eigenvalue weighted by Gasteiger charge is 2.03. The molecule has 0 aliphatic rings. The van der Waals surface area contributed by atoms with Crippen LogP contribution in [0.3, 0.4) is 0 Å². The van der Waals surface area contributed by atoms with Gasteiger partial charge in [-0.25, -0.2) is 9.59 Å². The number of ether oxygens (including phenoxy) is 2. The number of carbonyl (C=O) groups excluding carboxylic acids is 2. The van der Waals surface area contributed by atoms with E-state index in [1.165, 1.54) is 26.6 Å². The molecule has 0 rings (SSSR count). The maximum Gasteiger partial charge on any atom is 0.334 e. The van der Waals surface area contributed by atoms with Crippen molar-refractivity contribution in [2.45, 2.75) is 13.8 Å². The highest BCUT2D eigenvalue weighted by atomic mass is 16.5. The third-order valence-corrected chi connectivity index (χ3v) is 1.61. The van der Waals surface area contributed by atoms with Crippen LogP contribution in [0.5, 0.6) is 0 Å². The van der Waals surface area contributed by atoms with Crippen LogP contribution in [0, 0.1) is 0 Å². The Kier molecular flexibility index (Phi) is 5.85. The van der Waals surface area contributed by atoms with Crippen LogP contribution >= 0.6 is 0 Å². The largest absolute Gasteiger partial charge is 0.466 e. The molecule has 0 spiro atoms. The van der Waals surface area contributed by atoms with Crippen LogP contribution in [0.4, 0.5) is 0 Å². The standard InChI is InChI=1S/C10H15NO4/c1-7(9(12)14-3)5-11-6-8(2)10(13)15-4/h5-6,11H,1-4H3/b7-5+,8-6+. The van der Waals surface area contributed by atoms with Crippen LogP contribution < -0.4 is 5.32 Å². The van der Waals surface area contributed by atoms with E-state index in [1.54, 1.807) is 13.8 Å². The summed E-state index contributed by atoms with van der Waals surface area (Å²) in [5.74, 6) is -0.849. The quantitative estimate of drug-likeness (QED) is 0.551. The van der Waals surface area contributed by atoms with Crippen LogP contribution in [-0.4, -0.2) is 26.2 Å². The molecular weight excluding hydrogens is 198 g/mol. The Balaban J connectivity index is 4.28. The molecule has 0 atom stereocenters. The number of rotatable bonds is 4. The van der Waals surface area contributed by atoms with Crippen LogP contribution in [0.15, 0.2) is 23.5 Å². The number of esters is 2. The van der Waals surface area contributed by atoms with Crippen molar-refractivity contribution in [3.63, 3.8) is 0 Å². The van der Waals surface area contributed by atoms with Gasteiger partial charge in [0.15, 0.2) is 0 Å². The summed E-state index contributed by atoms with van der Waals surface area (Å²) in [5, 5.41) is 2.69. The minimum absolute atomic E-state index is 0.409. The molecule has 0 amide bonds. The number of carbonyl (C=O) groups is 2. The van der Waals surface area contributed by atoms with Gasteiger partial charge in [-0.1, -0.05) is 0 Å². The van der Waals surface area contributed by atoms with Gasteiger partial charge in [0.25, 0.3) is 0 Å². The third kappa shape index (κ3) is 4.85. The zero-order valence-corrected chi connectivity index (χ0v) is 9.29. The summed E-state index contributed by atoms with van der Waals surface area (Å²) in [5.41, 5.74) is 0.817. The topological polar surface area (TPSA) is 64.6 Å². The fraction of sp³-hybridized carbons (Fsp3) is 0.400. The molecule has 0 heterocycles. The molecule has 0 aliphatic heterocycles. The Morgan fingerprint density at radius 1 is 0.933 bits per heavy atom. The second-order valence-electron chi connectivity index (χ2n) is 2.80. The Morgan fingerprint density at radius 2 is 1.27 bits per heavy atom. The summed E-state index contributed by atoms with van der Waals surface area (Å²) in [6, 6.07) is 0. The lowest BCUT2D eigenvalue weighted by Crippen LogP contribution is -2.08. The molecule has 5 heteroatoms. The SMILES string of the molecule is COC(=O)/C(C)=C/N/C=C(\C)C(=O)OC. The summed E-state index contributed by atoms with van der Waals surface area (Å²) in [4.78, 5) is 21.9. The predicted molar refractivity (Wildman–Crippen MR) is 54.7 cm³/mol. The van der Waals surface area contributed by atoms with Gasteiger partial charge in [0.2, 0.25) is 0 Å². The minimum atomic E-state index is -0.424. The van der Waals surface area contributed by atoms with Crippen molar-refractivity contribution in [1.29, 1.82) is 0 Å². The second kappa shape index (κ2) is 6.64. The molecule has 0 aromatic rings. The Morgan fingerprint density at radius 3 is 1.53 bits per heavy atom. The Labute approximate surface area is 88.7 Å². The van der Waals surface area contributed by atoms with E-state index >= 15 is 0 Å². The van der Waals surface area contributed by atoms with Crippen molar-refractivity contribution in [2.75, 3.05) is 14.2 Å². The Bertz CT molecular complexity index is 275. The van der Waals surface area contributed by atoms with E-state index in [0.29, 0.717) is 11.1 Å². The van der Waals surface area contributed by atoms with Gasteiger partial charge in [-0.15, -0.1) is 0 Å². The van der Waals surface area contributed by atoms with Gasteiger partial charge in [-0.3, -0.25) is 0 Å². The molecule has 0 aromatic carbocycles. The zero-order chi connectivity index (χ0) is 11.8. The van der Waals surface area contributed by atoms with Gasteiger partial charge in [-0.05, 0) is 13.8 Å². The lowest BCUT2D eigenvalue weighted by atomic mass is 10.3. The monoisotopic (exact) mass is 213 g/mol. The van der Waals surface area contributed by atoms with Crippen molar-refractivity contribution >= 4 is 11.9 Å². The average molecular weight is 213 g/mol. The van der Waals surface area contributed by atoms with Crippen LogP contribution in [-0.2, 0) is 19.1 Å². The summed E-state index contributed by atoms with van der Waals surface area (Å²) < 4.78 is 8.96. The van der Waals surface area contributed by atoms with Crippen molar-refractivity contribution in [3.8, 4) is 0 Å². The summed E-state index contributed by atoms with van der Waals surface area (Å²) in [6.45, 7) is 3.19. The lowest BCUT2D eigenvalue weighted by molar-refractivity contribution is -0.136. The molecule has 5 nitrogen and oxygen atoms in total. The molecule has 0 bridgehead atoms. The molecule has 15 heavy (non-hydrogen) atoms. The van der Waals surface area contributed by atoms with E-state index in [9.17, 15) is 9.59 Å². The van der Waals surface area contributed by atoms with Gasteiger partial charge in [0.05, 0.1) is 14.2 Å². The summed E-state index contributed by atoms with van der Waals surface area (Å²) in [7, 11) is 2.60. The van der Waals surface area contributed by atoms with E-state index < -0.39 is 11.9 Å². The minimum Gasteiger partial charge on any atom is -0.466 e. The average Bonchev–Trinajstić information content (AvgIpc) is 2.26. The van der Waals surface area contributed by atoms with E-state index in [0.717, 1.165) is 0 Å². The summed E-state index contributed by atoms with van der Waals surface area (Å²) in [6.07, 6.45) is 2.89. The third-order valence-electron chi connectivity index (χ3n) is 1.61. The molecule has 0 aromatic heterocycles. The molecule has 84 valence electrons. The van der Waals surface area contributed by atoms with Gasteiger partial charge in [-0.2, -0.15) is 0 Å². The van der Waals surface area contributed by atoms with Gasteiger partial charge in [0, 0.05) is 23.5 Å². The van der Waals surface area contributed by atoms with Gasteiger partial charge in [0.1, 0.15) is 0 Å². The zero-order valence-electron chi connectivity index (χ0n) is 9.29. The number of methoxy groups -OCH3 is 2. The van der Waals surface area contributed by atoms with Crippen molar-refractivity contribution in [1.82, 2.24) is 5.32 Å². The summed E-state index contributed by atoms with van der Waals surface area (Å²) >= 11 is 0. The normalized spacial score (nSPS) is 12.0. The first-order valence-corrected chi connectivity index (χ1v) is 4.29. The molecule has 0 saturated carbocycles. The lowest BCUT2D eigenvalue weighted by Gasteiger charge is -2.00. The van der Waals surface area contributed by atoms with E-state index in [1.807, 2.05) is 0 Å². The van der Waals surface area contributed by atoms with Crippen molar-refractivity contribution in [2.24, 2.45) is 0 Å². The van der Waals surface area contributed by atoms with Crippen molar-refractivity contribution < 1.29 is 19.1 Å². The maximum absolute atomic E-state index is 10.9. The first-order valence-electron chi connectivity index (χ1n) is 4.29. The molecule has 0 radical (unpaired) electrons. The first-order chi connectivity index (χ1) is 7.02. The molecule has 0 saturated heterocycles. The molecule has 0 aliphatic carbocycles. The van der Waals surface area contributed by atoms with E-state index in [2.05, 4.69) is 14.8 Å². The fourth-order valence-electron chi connectivity index (χ4n) is 0.731. The Hall–Kier alpha value is -1.78. The molecule has 0 fully saturated rings. The number of hydrogen-bond acceptors (Lipinski definition) is 5. The van der Waals surface area contributed by atoms with Crippen LogP contribution in [0.1, 0.15) is 13.8 Å². The molecule has 0 unspecified atom stereocenters. The van der Waals surface area contributed by atoms with Crippen molar-refractivity contribution in [3.05, 3.63) is 23.5 Å². The fourth-order valence-corrected chi connectivity index (χ4v) is 0.731. The second-order valence-corrected chi connectivity index (χ2v) is 2.80. The van der Waals surface area contributed by atoms with Crippen LogP contribution in [0.2, 0.25) is 0 Å². The molecular formula is C10H15NO4. The van der Waals surface area contributed by atoms with E-state index in [4.69, 9.17) is 0 Å². The maximum atomic E-state index is 10.9. The highest BCUT2D eigenvalue weighted by Crippen LogP contribution is 1.95. The van der Waals surface area contributed by atoms with Gasteiger partial charge >= 0.3 is 11.9 Å². The predicted octanol–water partition coefficient (Wildman–Crippen LogP) is 0.730. The van der Waals surface area contributed by atoms with Crippen LogP contribution in [0.25, 0.3) is 0 Å². The highest BCUT2D eigenvalue weighted by molar-refractivity contribution is 5.88. The smallest absolute Gasteiger partial charge is 0.334 e. The first kappa shape index (κ1) is 13.2. The van der Waals surface area contributed by atoms with Gasteiger partial charge < -0.3 is 14.8 Å². The number of nitrogens with one attached hydrogen (secondary N) is 1.